The predicted octanol–water partition coefficient (Wildman–Crippen LogP) is 3.60. The van der Waals surface area contributed by atoms with Crippen molar-refractivity contribution in [1.82, 2.24) is 15.2 Å². The zero-order chi connectivity index (χ0) is 27.8. The molecule has 0 unspecified atom stereocenters. The second-order valence-electron chi connectivity index (χ2n) is 12.5. The Hall–Kier alpha value is -4.04. The normalized spacial score (nSPS) is 26.9. The molecule has 0 bridgehead atoms. The Kier molecular flexibility index (Phi) is 5.27. The lowest BCUT2D eigenvalue weighted by molar-refractivity contribution is -0.154. The van der Waals surface area contributed by atoms with Gasteiger partial charge in [0.25, 0.3) is 0 Å². The Morgan fingerprint density at radius 1 is 0.927 bits per heavy atom. The Morgan fingerprint density at radius 3 is 2.61 bits per heavy atom. The van der Waals surface area contributed by atoms with Crippen LogP contribution in [0, 0.1) is 0 Å². The number of anilines is 2. The third kappa shape index (κ3) is 3.49. The molecule has 1 saturated heterocycles. The van der Waals surface area contributed by atoms with E-state index in [1.54, 1.807) is 6.20 Å². The number of nitrogens with one attached hydrogen (secondary N) is 3. The summed E-state index contributed by atoms with van der Waals surface area (Å²) in [5.74, 6) is 0.483. The molecular formula is C33H33N5O3. The van der Waals surface area contributed by atoms with Crippen LogP contribution in [0.5, 0.6) is 0 Å². The molecular weight excluding hydrogens is 514 g/mol. The predicted molar refractivity (Wildman–Crippen MR) is 154 cm³/mol. The first-order chi connectivity index (χ1) is 19.9. The number of benzene rings is 2. The Labute approximate surface area is 238 Å². The van der Waals surface area contributed by atoms with Crippen LogP contribution in [0.15, 0.2) is 60.8 Å². The van der Waals surface area contributed by atoms with E-state index in [4.69, 9.17) is 0 Å². The molecule has 0 radical (unpaired) electrons. The van der Waals surface area contributed by atoms with Crippen LogP contribution in [-0.2, 0) is 44.6 Å². The summed E-state index contributed by atoms with van der Waals surface area (Å²) in [4.78, 5) is 47.2. The van der Waals surface area contributed by atoms with Crippen LogP contribution in [-0.4, -0.2) is 46.2 Å². The summed E-state index contributed by atoms with van der Waals surface area (Å²) < 4.78 is 0. The molecule has 1 aromatic heterocycles. The van der Waals surface area contributed by atoms with Crippen LogP contribution in [0.25, 0.3) is 0 Å². The van der Waals surface area contributed by atoms with Gasteiger partial charge in [-0.05, 0) is 79.0 Å². The molecule has 2 atom stereocenters. The standard InChI is InChI=1S/C33H33N5O3/c39-27(36-24-10-9-22-17-31(18-23(22)16-24)26-8-5-15-34-28(26)37-29(31)40)19-38-30(41)32(12-3-4-13-32)35-20-33(38)14-11-21-6-1-2-7-25(21)33/h1-2,5-10,15-16,35H,3-4,11-14,17-20H2,(H,36,39)(H,34,37,40)/t31-,33+/m1/s1. The first-order valence-electron chi connectivity index (χ1n) is 14.8. The van der Waals surface area contributed by atoms with Crippen LogP contribution >= 0.6 is 0 Å². The van der Waals surface area contributed by atoms with Crippen molar-refractivity contribution in [2.75, 3.05) is 23.7 Å². The van der Waals surface area contributed by atoms with Crippen molar-refractivity contribution < 1.29 is 14.4 Å². The Bertz CT molecular complexity index is 1630. The molecule has 3 amide bonds. The Morgan fingerprint density at radius 2 is 1.73 bits per heavy atom. The lowest BCUT2D eigenvalue weighted by Gasteiger charge is -2.52. The number of fused-ring (bicyclic) bond motifs is 5. The maximum Gasteiger partial charge on any atom is 0.244 e. The van der Waals surface area contributed by atoms with Gasteiger partial charge in [-0.15, -0.1) is 0 Å². The second kappa shape index (κ2) is 8.73. The highest BCUT2D eigenvalue weighted by Gasteiger charge is 2.57. The number of piperazine rings is 1. The number of hydrogen-bond acceptors (Lipinski definition) is 5. The molecule has 2 aromatic carbocycles. The Balaban J connectivity index is 1.06. The van der Waals surface area contributed by atoms with E-state index < -0.39 is 16.5 Å². The van der Waals surface area contributed by atoms with E-state index in [9.17, 15) is 14.4 Å². The summed E-state index contributed by atoms with van der Waals surface area (Å²) in [5.41, 5.74) is 4.49. The van der Waals surface area contributed by atoms with Crippen molar-refractivity contribution in [2.24, 2.45) is 0 Å². The minimum absolute atomic E-state index is 0.0130. The average molecular weight is 548 g/mol. The van der Waals surface area contributed by atoms with E-state index in [0.29, 0.717) is 30.9 Å². The maximum atomic E-state index is 14.2. The van der Waals surface area contributed by atoms with Gasteiger partial charge in [0.05, 0.1) is 16.5 Å². The molecule has 3 N–H and O–H groups in total. The largest absolute Gasteiger partial charge is 0.325 e. The SMILES string of the molecule is O=C(CN1C(=O)C2(CCCC2)NC[C@]12CCc1ccccc12)Nc1ccc2c(c1)C[C@@]1(C2)C(=O)Nc2ncccc21. The zero-order valence-electron chi connectivity index (χ0n) is 23.0. The van der Waals surface area contributed by atoms with Crippen molar-refractivity contribution >= 4 is 29.2 Å². The molecule has 8 nitrogen and oxygen atoms in total. The van der Waals surface area contributed by atoms with Gasteiger partial charge in [0.2, 0.25) is 17.7 Å². The van der Waals surface area contributed by atoms with Gasteiger partial charge in [-0.3, -0.25) is 14.4 Å². The minimum atomic E-state index is -0.653. The van der Waals surface area contributed by atoms with Gasteiger partial charge in [-0.25, -0.2) is 4.98 Å². The fourth-order valence-corrected chi connectivity index (χ4v) is 8.35. The highest BCUT2D eigenvalue weighted by molar-refractivity contribution is 6.06. The second-order valence-corrected chi connectivity index (χ2v) is 12.5. The fraction of sp³-hybridized carbons (Fsp3) is 0.394. The fourth-order valence-electron chi connectivity index (χ4n) is 8.35. The topological polar surface area (TPSA) is 103 Å². The first-order valence-corrected chi connectivity index (χ1v) is 14.8. The van der Waals surface area contributed by atoms with Crippen molar-refractivity contribution in [2.45, 2.75) is 67.9 Å². The number of pyridine rings is 1. The third-order valence-electron chi connectivity index (χ3n) is 10.4. The summed E-state index contributed by atoms with van der Waals surface area (Å²) in [5, 5.41) is 9.72. The van der Waals surface area contributed by atoms with Crippen LogP contribution in [0.3, 0.4) is 0 Å². The zero-order valence-corrected chi connectivity index (χ0v) is 23.0. The van der Waals surface area contributed by atoms with Crippen LogP contribution in [0.2, 0.25) is 0 Å². The third-order valence-corrected chi connectivity index (χ3v) is 10.4. The molecule has 3 aromatic rings. The van der Waals surface area contributed by atoms with Gasteiger partial charge in [0.15, 0.2) is 0 Å². The lowest BCUT2D eigenvalue weighted by atomic mass is 9.79. The summed E-state index contributed by atoms with van der Waals surface area (Å²) in [6.45, 7) is 0.682. The molecule has 2 aliphatic heterocycles. The van der Waals surface area contributed by atoms with Gasteiger partial charge in [-0.2, -0.15) is 0 Å². The number of nitrogens with zero attached hydrogens (tertiary/aromatic N) is 2. The highest BCUT2D eigenvalue weighted by Crippen LogP contribution is 2.48. The van der Waals surface area contributed by atoms with E-state index in [1.807, 2.05) is 47.4 Å². The molecule has 5 aliphatic rings. The quantitative estimate of drug-likeness (QED) is 0.465. The van der Waals surface area contributed by atoms with E-state index in [1.165, 1.54) is 5.56 Å². The molecule has 8 heteroatoms. The van der Waals surface area contributed by atoms with E-state index in [2.05, 4.69) is 33.1 Å². The molecule has 3 heterocycles. The number of rotatable bonds is 3. The van der Waals surface area contributed by atoms with Gasteiger partial charge >= 0.3 is 0 Å². The molecule has 3 spiro atoms. The average Bonchev–Trinajstić information content (AvgIpc) is 3.75. The molecule has 1 saturated carbocycles. The van der Waals surface area contributed by atoms with Crippen molar-refractivity contribution in [3.8, 4) is 0 Å². The van der Waals surface area contributed by atoms with Crippen LogP contribution < -0.4 is 16.0 Å². The number of amides is 3. The van der Waals surface area contributed by atoms with Crippen molar-refractivity contribution in [1.29, 1.82) is 0 Å². The van der Waals surface area contributed by atoms with Crippen molar-refractivity contribution in [3.63, 3.8) is 0 Å². The van der Waals surface area contributed by atoms with E-state index >= 15 is 0 Å². The molecule has 208 valence electrons. The molecule has 41 heavy (non-hydrogen) atoms. The molecule has 8 rings (SSSR count). The monoisotopic (exact) mass is 547 g/mol. The van der Waals surface area contributed by atoms with E-state index in [-0.39, 0.29) is 24.3 Å². The van der Waals surface area contributed by atoms with Gasteiger partial charge in [0, 0.05) is 24.0 Å². The van der Waals surface area contributed by atoms with E-state index in [0.717, 1.165) is 60.8 Å². The maximum absolute atomic E-state index is 14.2. The summed E-state index contributed by atoms with van der Waals surface area (Å²) in [6, 6.07) is 18.1. The van der Waals surface area contributed by atoms with Crippen LogP contribution in [0.1, 0.15) is 59.9 Å². The summed E-state index contributed by atoms with van der Waals surface area (Å²) in [7, 11) is 0. The number of carbonyl (C=O) groups is 3. The van der Waals surface area contributed by atoms with Gasteiger partial charge < -0.3 is 20.9 Å². The molecule has 2 fully saturated rings. The van der Waals surface area contributed by atoms with Gasteiger partial charge in [-0.1, -0.05) is 49.2 Å². The van der Waals surface area contributed by atoms with Crippen LogP contribution in [0.4, 0.5) is 11.5 Å². The highest BCUT2D eigenvalue weighted by atomic mass is 16.2. The lowest BCUT2D eigenvalue weighted by Crippen LogP contribution is -2.71. The number of carbonyl (C=O) groups excluding carboxylic acids is 3. The number of aryl methyl sites for hydroxylation is 1. The minimum Gasteiger partial charge on any atom is -0.325 e. The summed E-state index contributed by atoms with van der Waals surface area (Å²) >= 11 is 0. The number of hydrogen-bond donors (Lipinski definition) is 3. The first kappa shape index (κ1) is 24.7. The van der Waals surface area contributed by atoms with Gasteiger partial charge in [0.1, 0.15) is 12.4 Å². The van der Waals surface area contributed by atoms with Crippen molar-refractivity contribution in [3.05, 3.63) is 88.6 Å². The molecule has 3 aliphatic carbocycles. The smallest absolute Gasteiger partial charge is 0.244 e. The number of aromatic nitrogens is 1. The summed E-state index contributed by atoms with van der Waals surface area (Å²) in [6.07, 6.45) is 8.27.